The number of nitriles is 2. The molecule has 0 N–H and O–H groups in total. The minimum atomic E-state index is 0.341. The van der Waals surface area contributed by atoms with E-state index < -0.39 is 0 Å². The first-order valence-corrected chi connectivity index (χ1v) is 15.5. The number of benzene rings is 6. The lowest BCUT2D eigenvalue weighted by Gasteiger charge is -2.11. The molecule has 6 aromatic carbocycles. The summed E-state index contributed by atoms with van der Waals surface area (Å²) in [5, 5.41) is 23.6. The second kappa shape index (κ2) is 10.8. The van der Waals surface area contributed by atoms with Crippen molar-refractivity contribution >= 4 is 43.6 Å². The Bertz CT molecular complexity index is 2760. The monoisotopic (exact) mass is 613 g/mol. The van der Waals surface area contributed by atoms with Crippen molar-refractivity contribution in [2.24, 2.45) is 0 Å². The second-order valence-electron chi connectivity index (χ2n) is 11.6. The normalized spacial score (nSPS) is 11.3. The van der Waals surface area contributed by atoms with Gasteiger partial charge in [0.05, 0.1) is 33.2 Å². The van der Waals surface area contributed by atoms with Crippen molar-refractivity contribution in [2.45, 2.75) is 0 Å². The fourth-order valence-corrected chi connectivity index (χ4v) is 6.70. The summed E-state index contributed by atoms with van der Waals surface area (Å²) in [6.07, 6.45) is 0. The number of hydrogen-bond acceptors (Lipinski definition) is 5. The van der Waals surface area contributed by atoms with Crippen molar-refractivity contribution in [3.05, 3.63) is 151 Å². The highest BCUT2D eigenvalue weighted by atomic mass is 15.2. The zero-order chi connectivity index (χ0) is 32.2. The van der Waals surface area contributed by atoms with E-state index in [0.717, 1.165) is 60.4 Å². The molecule has 0 bridgehead atoms. The smallest absolute Gasteiger partial charge is 0.238 e. The van der Waals surface area contributed by atoms with Crippen LogP contribution in [0.25, 0.3) is 78.0 Å². The van der Waals surface area contributed by atoms with Gasteiger partial charge in [-0.15, -0.1) is 0 Å². The molecule has 9 rings (SSSR count). The lowest BCUT2D eigenvalue weighted by molar-refractivity contribution is 0.953. The Labute approximate surface area is 274 Å². The van der Waals surface area contributed by atoms with Gasteiger partial charge in [-0.2, -0.15) is 20.5 Å². The Balaban J connectivity index is 1.30. The zero-order valence-electron chi connectivity index (χ0n) is 25.4. The first-order chi connectivity index (χ1) is 23.7. The predicted octanol–water partition coefficient (Wildman–Crippen LogP) is 9.14. The molecule has 7 heteroatoms. The Kier molecular flexibility index (Phi) is 6.11. The van der Waals surface area contributed by atoms with Crippen molar-refractivity contribution < 1.29 is 0 Å². The van der Waals surface area contributed by atoms with Crippen molar-refractivity contribution in [1.29, 1.82) is 10.5 Å². The van der Waals surface area contributed by atoms with Gasteiger partial charge < -0.3 is 4.57 Å². The van der Waals surface area contributed by atoms with Crippen LogP contribution < -0.4 is 0 Å². The molecule has 0 spiro atoms. The quantitative estimate of drug-likeness (QED) is 0.197. The summed E-state index contributed by atoms with van der Waals surface area (Å²) in [6, 6.07) is 50.7. The van der Waals surface area contributed by atoms with E-state index in [1.807, 2.05) is 66.7 Å². The van der Waals surface area contributed by atoms with Gasteiger partial charge in [0.15, 0.2) is 11.6 Å². The summed E-state index contributed by atoms with van der Waals surface area (Å²) in [7, 11) is 0. The first-order valence-electron chi connectivity index (χ1n) is 15.5. The van der Waals surface area contributed by atoms with Gasteiger partial charge in [0.2, 0.25) is 5.95 Å². The number of aromatic nitrogens is 5. The third-order valence-corrected chi connectivity index (χ3v) is 8.87. The average Bonchev–Trinajstić information content (AvgIpc) is 3.67. The molecule has 0 radical (unpaired) electrons. The SMILES string of the molecule is N#Cc1ccc(-n2c3ccccc3c3cc(-c4nc(-c5ccccc5)nc(-n5c6ccccc6c6ccccc65)n4)ccc32)cc1C#N. The van der Waals surface area contributed by atoms with Gasteiger partial charge in [0.1, 0.15) is 12.1 Å². The van der Waals surface area contributed by atoms with Crippen LogP contribution >= 0.6 is 0 Å². The largest absolute Gasteiger partial charge is 0.309 e. The Morgan fingerprint density at radius 1 is 0.417 bits per heavy atom. The van der Waals surface area contributed by atoms with Gasteiger partial charge in [-0.3, -0.25) is 4.57 Å². The summed E-state index contributed by atoms with van der Waals surface area (Å²) in [4.78, 5) is 15.2. The molecule has 0 atom stereocenters. The minimum absolute atomic E-state index is 0.341. The zero-order valence-corrected chi connectivity index (χ0v) is 25.4. The van der Waals surface area contributed by atoms with E-state index in [1.54, 1.807) is 12.1 Å². The van der Waals surface area contributed by atoms with E-state index in [-0.39, 0.29) is 0 Å². The van der Waals surface area contributed by atoms with E-state index in [4.69, 9.17) is 15.0 Å². The van der Waals surface area contributed by atoms with Gasteiger partial charge >= 0.3 is 0 Å². The number of nitrogens with zero attached hydrogens (tertiary/aromatic N) is 7. The molecule has 0 saturated heterocycles. The highest BCUT2D eigenvalue weighted by Crippen LogP contribution is 2.36. The maximum Gasteiger partial charge on any atom is 0.238 e. The molecule has 0 saturated carbocycles. The molecule has 0 aliphatic heterocycles. The number of fused-ring (bicyclic) bond motifs is 6. The molecule has 0 unspecified atom stereocenters. The number of hydrogen-bond donors (Lipinski definition) is 0. The fourth-order valence-electron chi connectivity index (χ4n) is 6.70. The van der Waals surface area contributed by atoms with E-state index in [9.17, 15) is 10.5 Å². The summed E-state index contributed by atoms with van der Waals surface area (Å²) in [5.74, 6) is 1.69. The molecule has 9 aromatic rings. The molecular weight excluding hydrogens is 591 g/mol. The van der Waals surface area contributed by atoms with E-state index in [1.165, 1.54) is 0 Å². The molecule has 0 aliphatic carbocycles. The topological polar surface area (TPSA) is 96.1 Å². The van der Waals surface area contributed by atoms with Crippen molar-refractivity contribution in [2.75, 3.05) is 0 Å². The van der Waals surface area contributed by atoms with Crippen LogP contribution in [0.1, 0.15) is 11.1 Å². The maximum absolute atomic E-state index is 9.74. The third-order valence-electron chi connectivity index (χ3n) is 8.87. The summed E-state index contributed by atoms with van der Waals surface area (Å²) in [6.45, 7) is 0. The van der Waals surface area contributed by atoms with Crippen LogP contribution in [-0.4, -0.2) is 24.1 Å². The van der Waals surface area contributed by atoms with E-state index in [2.05, 4.69) is 81.9 Å². The van der Waals surface area contributed by atoms with Gasteiger partial charge in [-0.1, -0.05) is 84.9 Å². The Morgan fingerprint density at radius 3 is 1.60 bits per heavy atom. The summed E-state index contributed by atoms with van der Waals surface area (Å²) >= 11 is 0. The summed E-state index contributed by atoms with van der Waals surface area (Å²) in [5.41, 5.74) is 7.25. The number of para-hydroxylation sites is 3. The van der Waals surface area contributed by atoms with Gasteiger partial charge in [0.25, 0.3) is 0 Å². The molecular formula is C41H23N7. The predicted molar refractivity (Wildman–Crippen MR) is 189 cm³/mol. The Morgan fingerprint density at radius 2 is 0.958 bits per heavy atom. The molecule has 0 fully saturated rings. The average molecular weight is 614 g/mol. The Hall–Kier alpha value is -7.09. The molecule has 0 amide bonds. The van der Waals surface area contributed by atoms with Crippen molar-refractivity contribution in [3.8, 4) is 46.5 Å². The number of rotatable bonds is 4. The first kappa shape index (κ1) is 27.2. The lowest BCUT2D eigenvalue weighted by Crippen LogP contribution is -2.06. The maximum atomic E-state index is 9.74. The lowest BCUT2D eigenvalue weighted by atomic mass is 10.1. The van der Waals surface area contributed by atoms with Crippen molar-refractivity contribution in [1.82, 2.24) is 24.1 Å². The van der Waals surface area contributed by atoms with Crippen LogP contribution in [0.3, 0.4) is 0 Å². The van der Waals surface area contributed by atoms with E-state index in [0.29, 0.717) is 28.7 Å². The third kappa shape index (κ3) is 4.16. The van der Waals surface area contributed by atoms with E-state index >= 15 is 0 Å². The molecule has 7 nitrogen and oxygen atoms in total. The molecule has 0 aliphatic rings. The molecule has 3 heterocycles. The van der Waals surface area contributed by atoms with Gasteiger partial charge in [-0.05, 0) is 54.6 Å². The van der Waals surface area contributed by atoms with Crippen LogP contribution in [0.15, 0.2) is 140 Å². The van der Waals surface area contributed by atoms with Gasteiger partial charge in [-0.25, -0.2) is 4.98 Å². The van der Waals surface area contributed by atoms with Crippen LogP contribution in [0.2, 0.25) is 0 Å². The molecule has 3 aromatic heterocycles. The fraction of sp³-hybridized carbons (Fsp3) is 0. The van der Waals surface area contributed by atoms with Crippen LogP contribution in [0.5, 0.6) is 0 Å². The standard InChI is InChI=1S/C41H23N7/c42-24-28-18-20-30(22-29(28)25-43)47-35-15-7-6-14-33(35)34-23-27(19-21-38(34)47)40-44-39(26-10-2-1-3-11-26)45-41(46-40)48-36-16-8-4-12-31(36)32-13-5-9-17-37(32)48/h1-23H. The van der Waals surface area contributed by atoms with Crippen LogP contribution in [0, 0.1) is 22.7 Å². The van der Waals surface area contributed by atoms with Crippen LogP contribution in [0.4, 0.5) is 0 Å². The molecule has 222 valence electrons. The summed E-state index contributed by atoms with van der Waals surface area (Å²) < 4.78 is 4.24. The molecule has 48 heavy (non-hydrogen) atoms. The highest BCUT2D eigenvalue weighted by Gasteiger charge is 2.19. The minimum Gasteiger partial charge on any atom is -0.309 e. The van der Waals surface area contributed by atoms with Crippen LogP contribution in [-0.2, 0) is 0 Å². The second-order valence-corrected chi connectivity index (χ2v) is 11.6. The van der Waals surface area contributed by atoms with Crippen molar-refractivity contribution in [3.63, 3.8) is 0 Å². The highest BCUT2D eigenvalue weighted by molar-refractivity contribution is 6.11. The van der Waals surface area contributed by atoms with Gasteiger partial charge in [0, 0.05) is 38.4 Å².